The summed E-state index contributed by atoms with van der Waals surface area (Å²) >= 11 is 0. The number of ether oxygens (including phenoxy) is 1. The average molecular weight is 390 g/mol. The zero-order valence-corrected chi connectivity index (χ0v) is 16.3. The van der Waals surface area contributed by atoms with E-state index >= 15 is 0 Å². The number of nitrogens with one attached hydrogen (secondary N) is 2. The molecule has 0 atom stereocenters. The first-order valence-corrected chi connectivity index (χ1v) is 9.49. The number of benzene rings is 1. The predicted molar refractivity (Wildman–Crippen MR) is 111 cm³/mol. The van der Waals surface area contributed by atoms with E-state index in [2.05, 4.69) is 42.8 Å². The van der Waals surface area contributed by atoms with Crippen LogP contribution < -0.4 is 10.1 Å². The van der Waals surface area contributed by atoms with E-state index in [0.717, 1.165) is 34.3 Å². The van der Waals surface area contributed by atoms with Crippen molar-refractivity contribution in [1.82, 2.24) is 20.5 Å². The molecule has 8 nitrogen and oxygen atoms in total. The fraction of sp³-hybridized carbons (Fsp3) is 0.286. The Balaban J connectivity index is 1.31. The van der Waals surface area contributed by atoms with Gasteiger partial charge in [-0.15, -0.1) is 0 Å². The second kappa shape index (κ2) is 8.22. The van der Waals surface area contributed by atoms with Gasteiger partial charge in [0.25, 0.3) is 5.91 Å². The maximum atomic E-state index is 11.6. The van der Waals surface area contributed by atoms with Gasteiger partial charge in [-0.3, -0.25) is 9.89 Å². The van der Waals surface area contributed by atoms with Gasteiger partial charge in [-0.1, -0.05) is 6.07 Å². The Hall–Kier alpha value is -3.55. The number of hydrogen-bond donors (Lipinski definition) is 2. The van der Waals surface area contributed by atoms with Crippen molar-refractivity contribution in [2.45, 2.75) is 32.7 Å². The van der Waals surface area contributed by atoms with Crippen molar-refractivity contribution in [3.63, 3.8) is 0 Å². The van der Waals surface area contributed by atoms with Crippen molar-refractivity contribution >= 4 is 28.2 Å². The highest BCUT2D eigenvalue weighted by Crippen LogP contribution is 2.18. The highest BCUT2D eigenvalue weighted by atomic mass is 16.5. The highest BCUT2D eigenvalue weighted by Gasteiger charge is 2.16. The van der Waals surface area contributed by atoms with Crippen LogP contribution in [0.3, 0.4) is 0 Å². The van der Waals surface area contributed by atoms with Crippen LogP contribution in [-0.2, 0) is 11.2 Å². The predicted octanol–water partition coefficient (Wildman–Crippen LogP) is 2.65. The Morgan fingerprint density at radius 1 is 1.21 bits per heavy atom. The molecule has 8 heteroatoms. The first-order chi connectivity index (χ1) is 14.1. The summed E-state index contributed by atoms with van der Waals surface area (Å²) in [5, 5.41) is 19.5. The summed E-state index contributed by atoms with van der Waals surface area (Å²) < 4.78 is 5.42. The van der Waals surface area contributed by atoms with Gasteiger partial charge in [0, 0.05) is 42.1 Å². The standard InChI is InChI=1S/C21H22N6O2/c1-13(2)24-20(28)12-29-21-6-4-15(10-22-21)19-9-17(25-27-19)8-14-3-5-18-16(7-14)11-23-26-18/h3-7,10-11,13H,8-9,12H2,1-2H3,(H,23,26)(H,24,28). The smallest absolute Gasteiger partial charge is 0.258 e. The minimum Gasteiger partial charge on any atom is -0.468 e. The van der Waals surface area contributed by atoms with Crippen LogP contribution in [0.5, 0.6) is 5.88 Å². The molecule has 2 aromatic heterocycles. The molecule has 0 unspecified atom stereocenters. The number of aromatic nitrogens is 3. The molecule has 1 aliphatic rings. The maximum Gasteiger partial charge on any atom is 0.258 e. The number of hydrogen-bond acceptors (Lipinski definition) is 6. The van der Waals surface area contributed by atoms with Gasteiger partial charge in [0.15, 0.2) is 6.61 Å². The highest BCUT2D eigenvalue weighted by molar-refractivity contribution is 6.15. The summed E-state index contributed by atoms with van der Waals surface area (Å²) in [4.78, 5) is 15.9. The van der Waals surface area contributed by atoms with E-state index < -0.39 is 0 Å². The molecule has 2 N–H and O–H groups in total. The third-order valence-corrected chi connectivity index (χ3v) is 4.47. The number of carbonyl (C=O) groups excluding carboxylic acids is 1. The van der Waals surface area contributed by atoms with Crippen molar-refractivity contribution < 1.29 is 9.53 Å². The van der Waals surface area contributed by atoms with Gasteiger partial charge in [0.1, 0.15) is 0 Å². The van der Waals surface area contributed by atoms with Crippen LogP contribution in [0, 0.1) is 0 Å². The van der Waals surface area contributed by atoms with E-state index in [1.165, 1.54) is 5.56 Å². The number of amides is 1. The fourth-order valence-corrected chi connectivity index (χ4v) is 3.13. The van der Waals surface area contributed by atoms with Gasteiger partial charge < -0.3 is 10.1 Å². The molecule has 1 aromatic carbocycles. The number of pyridine rings is 1. The SMILES string of the molecule is CC(C)NC(=O)COc1ccc(C2=NN=C(Cc3ccc4[nH]ncc4c3)C2)cn1. The van der Waals surface area contributed by atoms with Crippen LogP contribution in [0.2, 0.25) is 0 Å². The molecule has 0 bridgehead atoms. The molecule has 4 rings (SSSR count). The minimum absolute atomic E-state index is 0.0558. The van der Waals surface area contributed by atoms with Crippen LogP contribution >= 0.6 is 0 Å². The maximum absolute atomic E-state index is 11.6. The molecule has 0 saturated heterocycles. The van der Waals surface area contributed by atoms with E-state index in [1.54, 1.807) is 12.3 Å². The van der Waals surface area contributed by atoms with Crippen molar-refractivity contribution in [3.05, 3.63) is 53.9 Å². The van der Waals surface area contributed by atoms with E-state index in [4.69, 9.17) is 4.74 Å². The molecular formula is C21H22N6O2. The Morgan fingerprint density at radius 2 is 2.10 bits per heavy atom. The summed E-state index contributed by atoms with van der Waals surface area (Å²) in [6, 6.07) is 9.92. The lowest BCUT2D eigenvalue weighted by atomic mass is 10.0. The van der Waals surface area contributed by atoms with Gasteiger partial charge >= 0.3 is 0 Å². The monoisotopic (exact) mass is 390 g/mol. The van der Waals surface area contributed by atoms with Gasteiger partial charge in [0.2, 0.25) is 5.88 Å². The third-order valence-electron chi connectivity index (χ3n) is 4.47. The largest absolute Gasteiger partial charge is 0.468 e. The molecule has 0 radical (unpaired) electrons. The molecule has 148 valence electrons. The molecule has 1 aliphatic heterocycles. The Bertz CT molecular complexity index is 1080. The topological polar surface area (TPSA) is 105 Å². The second-order valence-corrected chi connectivity index (χ2v) is 7.25. The van der Waals surface area contributed by atoms with Gasteiger partial charge in [-0.05, 0) is 37.6 Å². The molecule has 3 heterocycles. The minimum atomic E-state index is -0.169. The summed E-state index contributed by atoms with van der Waals surface area (Å²) in [7, 11) is 0. The first kappa shape index (κ1) is 18.8. The van der Waals surface area contributed by atoms with Crippen molar-refractivity contribution in [2.75, 3.05) is 6.61 Å². The van der Waals surface area contributed by atoms with Gasteiger partial charge in [-0.25, -0.2) is 4.98 Å². The number of aromatic amines is 1. The molecule has 0 spiro atoms. The molecule has 1 amide bonds. The van der Waals surface area contributed by atoms with Crippen molar-refractivity contribution in [2.24, 2.45) is 10.2 Å². The Labute approximate surface area is 168 Å². The normalized spacial score (nSPS) is 13.5. The van der Waals surface area contributed by atoms with Gasteiger partial charge in [-0.2, -0.15) is 15.3 Å². The number of H-pyrrole nitrogens is 1. The summed E-state index contributed by atoms with van der Waals surface area (Å²) in [5.41, 5.74) is 4.98. The van der Waals surface area contributed by atoms with Crippen LogP contribution in [0.1, 0.15) is 31.4 Å². The average Bonchev–Trinajstić information content (AvgIpc) is 3.35. The van der Waals surface area contributed by atoms with Crippen LogP contribution in [0.15, 0.2) is 52.9 Å². The summed E-state index contributed by atoms with van der Waals surface area (Å²) in [6.45, 7) is 3.75. The molecular weight excluding hydrogens is 368 g/mol. The molecule has 0 saturated carbocycles. The second-order valence-electron chi connectivity index (χ2n) is 7.25. The van der Waals surface area contributed by atoms with E-state index in [1.807, 2.05) is 32.2 Å². The van der Waals surface area contributed by atoms with Crippen LogP contribution in [0.25, 0.3) is 10.9 Å². The van der Waals surface area contributed by atoms with E-state index in [0.29, 0.717) is 12.3 Å². The number of rotatable bonds is 7. The lowest BCUT2D eigenvalue weighted by molar-refractivity contribution is -0.123. The molecule has 29 heavy (non-hydrogen) atoms. The summed E-state index contributed by atoms with van der Waals surface area (Å²) in [5.74, 6) is 0.235. The van der Waals surface area contributed by atoms with Crippen molar-refractivity contribution in [3.8, 4) is 5.88 Å². The Kier molecular flexibility index (Phi) is 5.33. The van der Waals surface area contributed by atoms with Gasteiger partial charge in [0.05, 0.1) is 23.1 Å². The van der Waals surface area contributed by atoms with Crippen molar-refractivity contribution in [1.29, 1.82) is 0 Å². The summed E-state index contributed by atoms with van der Waals surface area (Å²) in [6.07, 6.45) is 4.94. The Morgan fingerprint density at radius 3 is 2.90 bits per heavy atom. The van der Waals surface area contributed by atoms with Crippen LogP contribution in [-0.4, -0.2) is 45.2 Å². The molecule has 0 fully saturated rings. The lowest BCUT2D eigenvalue weighted by Crippen LogP contribution is -2.34. The number of carbonyl (C=O) groups is 1. The molecule has 3 aromatic rings. The first-order valence-electron chi connectivity index (χ1n) is 9.49. The quantitative estimate of drug-likeness (QED) is 0.647. The van der Waals surface area contributed by atoms with Crippen LogP contribution in [0.4, 0.5) is 0 Å². The number of nitrogens with zero attached hydrogens (tertiary/aromatic N) is 4. The third kappa shape index (κ3) is 4.66. The van der Waals surface area contributed by atoms with E-state index in [9.17, 15) is 4.79 Å². The lowest BCUT2D eigenvalue weighted by Gasteiger charge is -2.09. The zero-order chi connectivity index (χ0) is 20.2. The zero-order valence-electron chi connectivity index (χ0n) is 16.3. The number of fused-ring (bicyclic) bond motifs is 1. The van der Waals surface area contributed by atoms with E-state index in [-0.39, 0.29) is 18.6 Å². The molecule has 0 aliphatic carbocycles. The fourth-order valence-electron chi connectivity index (χ4n) is 3.13.